The molecule has 234 valence electrons. The predicted octanol–water partition coefficient (Wildman–Crippen LogP) is 7.72. The zero-order valence-corrected chi connectivity index (χ0v) is 27.5. The fraction of sp³-hybridized carbons (Fsp3) is 0.206. The maximum atomic E-state index is 12.9. The van der Waals surface area contributed by atoms with Crippen molar-refractivity contribution in [3.8, 4) is 5.75 Å². The van der Waals surface area contributed by atoms with Gasteiger partial charge in [-0.1, -0.05) is 71.2 Å². The van der Waals surface area contributed by atoms with Crippen LogP contribution in [0.1, 0.15) is 32.7 Å². The van der Waals surface area contributed by atoms with Crippen molar-refractivity contribution >= 4 is 61.7 Å². The monoisotopic (exact) mass is 684 g/mol. The molecule has 0 spiro atoms. The van der Waals surface area contributed by atoms with Crippen molar-refractivity contribution in [2.24, 2.45) is 0 Å². The molecule has 45 heavy (non-hydrogen) atoms. The molecule has 1 heterocycles. The largest absolute Gasteiger partial charge is 0.493 e. The molecule has 0 saturated carbocycles. The number of hydrogen-bond acceptors (Lipinski definition) is 5. The van der Waals surface area contributed by atoms with Crippen molar-refractivity contribution in [1.29, 1.82) is 0 Å². The van der Waals surface area contributed by atoms with E-state index in [1.165, 1.54) is 7.11 Å². The van der Waals surface area contributed by atoms with E-state index in [9.17, 15) is 13.2 Å². The molecule has 0 unspecified atom stereocenters. The maximum absolute atomic E-state index is 12.9. The summed E-state index contributed by atoms with van der Waals surface area (Å²) in [6.45, 7) is 1.02. The van der Waals surface area contributed by atoms with E-state index in [0.717, 1.165) is 27.7 Å². The minimum absolute atomic E-state index is 0.106. The molecule has 5 aromatic rings. The molecule has 0 saturated heterocycles. The summed E-state index contributed by atoms with van der Waals surface area (Å²) in [5, 5.41) is 2.46. The van der Waals surface area contributed by atoms with Gasteiger partial charge in [0, 0.05) is 47.6 Å². The lowest BCUT2D eigenvalue weighted by Gasteiger charge is -2.15. The van der Waals surface area contributed by atoms with Crippen LogP contribution in [-0.4, -0.2) is 39.2 Å². The van der Waals surface area contributed by atoms with Gasteiger partial charge in [-0.2, -0.15) is 0 Å². The molecule has 0 bridgehead atoms. The summed E-state index contributed by atoms with van der Waals surface area (Å²) < 4.78 is 41.6. The Bertz CT molecular complexity index is 1910. The standard InChI is InChI=1S/C34H31Cl3N2O5S/c1-43-34(40)25-8-11-27(12-9-25)44-18-16-28-29-20-26(35)10-14-32(29)39(21-24-7-13-30(36)31(37)19-24)33(28)15-17-38-45(41,42)22-23-5-3-2-4-6-23/h2-14,19-20,38H,15-18,21-22H2,1H3. The van der Waals surface area contributed by atoms with Crippen molar-refractivity contribution in [1.82, 2.24) is 9.29 Å². The first-order valence-corrected chi connectivity index (χ1v) is 17.0. The molecule has 0 atom stereocenters. The molecule has 1 N–H and O–H groups in total. The Morgan fingerprint density at radius 2 is 1.60 bits per heavy atom. The predicted molar refractivity (Wildman–Crippen MR) is 180 cm³/mol. The van der Waals surface area contributed by atoms with Crippen LogP contribution in [0.2, 0.25) is 15.1 Å². The van der Waals surface area contributed by atoms with Gasteiger partial charge in [0.15, 0.2) is 0 Å². The SMILES string of the molecule is COC(=O)c1ccc(OCCc2c(CCNS(=O)(=O)Cc3ccccc3)n(Cc3ccc(Cl)c(Cl)c3)c3ccc(Cl)cc23)cc1. The highest BCUT2D eigenvalue weighted by molar-refractivity contribution is 7.88. The molecule has 0 aliphatic carbocycles. The third kappa shape index (κ3) is 8.39. The van der Waals surface area contributed by atoms with Crippen LogP contribution in [0.4, 0.5) is 0 Å². The van der Waals surface area contributed by atoms with Crippen LogP contribution in [0.25, 0.3) is 10.9 Å². The number of carbonyl (C=O) groups excluding carboxylic acids is 1. The highest BCUT2D eigenvalue weighted by atomic mass is 35.5. The van der Waals surface area contributed by atoms with E-state index in [0.29, 0.717) is 57.9 Å². The summed E-state index contributed by atoms with van der Waals surface area (Å²) in [4.78, 5) is 11.8. The van der Waals surface area contributed by atoms with E-state index in [4.69, 9.17) is 44.3 Å². The first-order valence-electron chi connectivity index (χ1n) is 14.2. The average Bonchev–Trinajstić information content (AvgIpc) is 3.30. The van der Waals surface area contributed by atoms with Gasteiger partial charge in [0.1, 0.15) is 5.75 Å². The second-order valence-electron chi connectivity index (χ2n) is 10.4. The van der Waals surface area contributed by atoms with Crippen LogP contribution in [0.3, 0.4) is 0 Å². The molecular weight excluding hydrogens is 655 g/mol. The number of esters is 1. The number of nitrogens with one attached hydrogen (secondary N) is 1. The number of hydrogen-bond donors (Lipinski definition) is 1. The Hall–Kier alpha value is -3.53. The second-order valence-corrected chi connectivity index (χ2v) is 13.5. The number of halogens is 3. The molecule has 4 aromatic carbocycles. The van der Waals surface area contributed by atoms with Crippen LogP contribution in [0.15, 0.2) is 91.0 Å². The number of rotatable bonds is 13. The van der Waals surface area contributed by atoms with Crippen LogP contribution >= 0.6 is 34.8 Å². The first-order chi connectivity index (χ1) is 21.6. The van der Waals surface area contributed by atoms with Crippen LogP contribution < -0.4 is 9.46 Å². The summed E-state index contributed by atoms with van der Waals surface area (Å²) in [5.74, 6) is 0.0817. The second kappa shape index (κ2) is 14.7. The third-order valence-electron chi connectivity index (χ3n) is 7.35. The van der Waals surface area contributed by atoms with Crippen LogP contribution in [-0.2, 0) is 39.9 Å². The quantitative estimate of drug-likeness (QED) is 0.128. The first kappa shape index (κ1) is 32.9. The van der Waals surface area contributed by atoms with E-state index < -0.39 is 16.0 Å². The summed E-state index contributed by atoms with van der Waals surface area (Å²) in [6.07, 6.45) is 0.945. The van der Waals surface area contributed by atoms with Gasteiger partial charge in [-0.3, -0.25) is 0 Å². The zero-order chi connectivity index (χ0) is 32.0. The normalized spacial score (nSPS) is 11.6. The fourth-order valence-electron chi connectivity index (χ4n) is 5.26. The van der Waals surface area contributed by atoms with Crippen molar-refractivity contribution < 1.29 is 22.7 Å². The van der Waals surface area contributed by atoms with Crippen molar-refractivity contribution in [2.45, 2.75) is 25.1 Å². The number of aromatic nitrogens is 1. The third-order valence-corrected chi connectivity index (χ3v) is 9.68. The lowest BCUT2D eigenvalue weighted by atomic mass is 10.1. The number of benzene rings is 4. The highest BCUT2D eigenvalue weighted by Crippen LogP contribution is 2.32. The van der Waals surface area contributed by atoms with Gasteiger partial charge in [0.2, 0.25) is 10.0 Å². The Labute approximate surface area is 277 Å². The molecule has 0 aliphatic heterocycles. The van der Waals surface area contributed by atoms with E-state index in [1.54, 1.807) is 42.5 Å². The molecule has 1 aromatic heterocycles. The smallest absolute Gasteiger partial charge is 0.337 e. The highest BCUT2D eigenvalue weighted by Gasteiger charge is 2.20. The van der Waals surface area contributed by atoms with E-state index in [1.807, 2.05) is 48.5 Å². The van der Waals surface area contributed by atoms with Crippen molar-refractivity contribution in [3.63, 3.8) is 0 Å². The lowest BCUT2D eigenvalue weighted by Crippen LogP contribution is -2.28. The molecule has 0 aliphatic rings. The van der Waals surface area contributed by atoms with Gasteiger partial charge in [0.25, 0.3) is 0 Å². The summed E-state index contributed by atoms with van der Waals surface area (Å²) in [7, 11) is -2.24. The van der Waals surface area contributed by atoms with Crippen molar-refractivity contribution in [2.75, 3.05) is 20.3 Å². The van der Waals surface area contributed by atoms with E-state index in [-0.39, 0.29) is 12.3 Å². The molecule has 0 radical (unpaired) electrons. The van der Waals surface area contributed by atoms with Gasteiger partial charge in [-0.05, 0) is 71.3 Å². The van der Waals surface area contributed by atoms with Gasteiger partial charge in [-0.15, -0.1) is 0 Å². The van der Waals surface area contributed by atoms with Gasteiger partial charge < -0.3 is 14.0 Å². The Morgan fingerprint density at radius 1 is 0.844 bits per heavy atom. The summed E-state index contributed by atoms with van der Waals surface area (Å²) in [6, 6.07) is 27.1. The van der Waals surface area contributed by atoms with Gasteiger partial charge in [0.05, 0.1) is 35.1 Å². The Balaban J connectivity index is 1.44. The minimum Gasteiger partial charge on any atom is -0.493 e. The molecule has 0 fully saturated rings. The maximum Gasteiger partial charge on any atom is 0.337 e. The fourth-order valence-corrected chi connectivity index (χ4v) is 6.90. The van der Waals surface area contributed by atoms with E-state index in [2.05, 4.69) is 9.29 Å². The molecular formula is C34H31Cl3N2O5S. The number of nitrogens with zero attached hydrogens (tertiary/aromatic N) is 1. The molecule has 0 amide bonds. The molecule has 7 nitrogen and oxygen atoms in total. The molecule has 5 rings (SSSR count). The number of methoxy groups -OCH3 is 1. The van der Waals surface area contributed by atoms with Crippen LogP contribution in [0, 0.1) is 0 Å². The lowest BCUT2D eigenvalue weighted by molar-refractivity contribution is 0.0600. The summed E-state index contributed by atoms with van der Waals surface area (Å²) in [5.41, 5.74) is 4.99. The Kier molecular flexibility index (Phi) is 10.7. The molecule has 11 heteroatoms. The van der Waals surface area contributed by atoms with Gasteiger partial charge in [-0.25, -0.2) is 17.9 Å². The van der Waals surface area contributed by atoms with E-state index >= 15 is 0 Å². The Morgan fingerprint density at radius 3 is 2.31 bits per heavy atom. The number of sulfonamides is 1. The topological polar surface area (TPSA) is 86.6 Å². The number of ether oxygens (including phenoxy) is 2. The van der Waals surface area contributed by atoms with Gasteiger partial charge >= 0.3 is 5.97 Å². The van der Waals surface area contributed by atoms with Crippen LogP contribution in [0.5, 0.6) is 5.75 Å². The minimum atomic E-state index is -3.57. The zero-order valence-electron chi connectivity index (χ0n) is 24.4. The number of carbonyl (C=O) groups is 1. The van der Waals surface area contributed by atoms with Crippen molar-refractivity contribution in [3.05, 3.63) is 134 Å². The summed E-state index contributed by atoms with van der Waals surface area (Å²) >= 11 is 19.0. The number of fused-ring (bicyclic) bond motifs is 1. The average molecular weight is 686 g/mol.